The predicted molar refractivity (Wildman–Crippen MR) is 46.2 cm³/mol. The van der Waals surface area contributed by atoms with Crippen LogP contribution in [0.3, 0.4) is 0 Å². The number of hydroxylamine groups is 1. The van der Waals surface area contributed by atoms with E-state index in [4.69, 9.17) is 0 Å². The standard InChI is InChI=1S/C8H10N2O3/c1-10-5-6(3-4-7(10)11)8(12)9-13-2/h3-5H,1-2H3,(H,9,12). The second kappa shape index (κ2) is 3.86. The Bertz CT molecular complexity index is 370. The molecule has 0 unspecified atom stereocenters. The number of aryl methyl sites for hydroxylation is 1. The van der Waals surface area contributed by atoms with Gasteiger partial charge >= 0.3 is 0 Å². The van der Waals surface area contributed by atoms with Gasteiger partial charge in [0.15, 0.2) is 0 Å². The lowest BCUT2D eigenvalue weighted by atomic mass is 10.3. The van der Waals surface area contributed by atoms with Crippen molar-refractivity contribution in [2.75, 3.05) is 7.11 Å². The first-order chi connectivity index (χ1) is 6.15. The molecule has 1 aromatic rings. The molecule has 13 heavy (non-hydrogen) atoms. The largest absolute Gasteiger partial charge is 0.318 e. The van der Waals surface area contributed by atoms with Gasteiger partial charge in [-0.1, -0.05) is 0 Å². The number of nitrogens with zero attached hydrogens (tertiary/aromatic N) is 1. The van der Waals surface area contributed by atoms with Gasteiger partial charge in [-0.25, -0.2) is 5.48 Å². The summed E-state index contributed by atoms with van der Waals surface area (Å²) in [5.41, 5.74) is 2.37. The second-order valence-corrected chi connectivity index (χ2v) is 2.50. The summed E-state index contributed by atoms with van der Waals surface area (Å²) in [6.45, 7) is 0. The molecule has 0 radical (unpaired) electrons. The van der Waals surface area contributed by atoms with Gasteiger partial charge in [-0.15, -0.1) is 0 Å². The number of hydrogen-bond acceptors (Lipinski definition) is 3. The highest BCUT2D eigenvalue weighted by molar-refractivity contribution is 5.93. The summed E-state index contributed by atoms with van der Waals surface area (Å²) in [5.74, 6) is -0.377. The highest BCUT2D eigenvalue weighted by Gasteiger charge is 2.04. The molecule has 1 aromatic heterocycles. The molecule has 70 valence electrons. The minimum Gasteiger partial charge on any atom is -0.318 e. The highest BCUT2D eigenvalue weighted by Crippen LogP contribution is 1.93. The van der Waals surface area contributed by atoms with E-state index in [1.165, 1.54) is 30.0 Å². The van der Waals surface area contributed by atoms with E-state index in [9.17, 15) is 9.59 Å². The van der Waals surface area contributed by atoms with E-state index in [2.05, 4.69) is 10.3 Å². The van der Waals surface area contributed by atoms with Crippen LogP contribution in [0.2, 0.25) is 0 Å². The second-order valence-electron chi connectivity index (χ2n) is 2.50. The first kappa shape index (κ1) is 9.47. The van der Waals surface area contributed by atoms with Crippen LogP contribution in [0.5, 0.6) is 0 Å². The molecule has 0 spiro atoms. The predicted octanol–water partition coefficient (Wildman–Crippen LogP) is -0.324. The Morgan fingerprint density at radius 3 is 2.77 bits per heavy atom. The summed E-state index contributed by atoms with van der Waals surface area (Å²) in [6.07, 6.45) is 1.44. The number of pyridine rings is 1. The third kappa shape index (κ3) is 2.16. The van der Waals surface area contributed by atoms with Gasteiger partial charge in [0.2, 0.25) is 5.56 Å². The molecule has 0 aliphatic carbocycles. The lowest BCUT2D eigenvalue weighted by molar-refractivity contribution is 0.0537. The van der Waals surface area contributed by atoms with Gasteiger partial charge in [-0.2, -0.15) is 0 Å². The molecule has 1 N–H and O–H groups in total. The maximum absolute atomic E-state index is 11.2. The molecule has 0 saturated carbocycles. The Labute approximate surface area is 74.9 Å². The molecule has 1 rings (SSSR count). The first-order valence-electron chi connectivity index (χ1n) is 3.65. The SMILES string of the molecule is CONC(=O)c1ccc(=O)n(C)c1. The van der Waals surface area contributed by atoms with Crippen LogP contribution < -0.4 is 11.0 Å². The van der Waals surface area contributed by atoms with Crippen molar-refractivity contribution in [2.24, 2.45) is 7.05 Å². The van der Waals surface area contributed by atoms with E-state index >= 15 is 0 Å². The molecule has 5 nitrogen and oxygen atoms in total. The molecule has 0 aliphatic rings. The number of nitrogens with one attached hydrogen (secondary N) is 1. The van der Waals surface area contributed by atoms with E-state index in [1.807, 2.05) is 0 Å². The van der Waals surface area contributed by atoms with Crippen molar-refractivity contribution in [1.29, 1.82) is 0 Å². The fourth-order valence-electron chi connectivity index (χ4n) is 0.880. The van der Waals surface area contributed by atoms with Gasteiger partial charge in [0.25, 0.3) is 5.91 Å². The summed E-state index contributed by atoms with van der Waals surface area (Å²) in [4.78, 5) is 26.5. The Morgan fingerprint density at radius 2 is 2.23 bits per heavy atom. The molecule has 0 aromatic carbocycles. The molecule has 1 heterocycles. The van der Waals surface area contributed by atoms with Crippen LogP contribution >= 0.6 is 0 Å². The van der Waals surface area contributed by atoms with Crippen LogP contribution in [-0.4, -0.2) is 17.6 Å². The summed E-state index contributed by atoms with van der Waals surface area (Å²) in [5, 5.41) is 0. The molecule has 1 amide bonds. The van der Waals surface area contributed by atoms with Gasteiger partial charge < -0.3 is 4.57 Å². The van der Waals surface area contributed by atoms with Crippen molar-refractivity contribution in [2.45, 2.75) is 0 Å². The minimum atomic E-state index is -0.377. The maximum Gasteiger partial charge on any atom is 0.276 e. The van der Waals surface area contributed by atoms with Gasteiger partial charge in [-0.3, -0.25) is 14.4 Å². The van der Waals surface area contributed by atoms with Crippen molar-refractivity contribution >= 4 is 5.91 Å². The van der Waals surface area contributed by atoms with Gasteiger partial charge in [0.1, 0.15) is 0 Å². The summed E-state index contributed by atoms with van der Waals surface area (Å²) in [6, 6.07) is 2.77. The normalized spacial score (nSPS) is 9.69. The van der Waals surface area contributed by atoms with E-state index in [0.29, 0.717) is 5.56 Å². The number of carbonyl (C=O) groups excluding carboxylic acids is 1. The van der Waals surface area contributed by atoms with E-state index in [-0.39, 0.29) is 11.5 Å². The molecule has 0 saturated heterocycles. The summed E-state index contributed by atoms with van der Waals surface area (Å²) >= 11 is 0. The summed E-state index contributed by atoms with van der Waals surface area (Å²) in [7, 11) is 2.92. The molecule has 5 heteroatoms. The zero-order valence-corrected chi connectivity index (χ0v) is 7.40. The Hall–Kier alpha value is -1.62. The molecule has 0 atom stereocenters. The van der Waals surface area contributed by atoms with Crippen LogP contribution in [0.1, 0.15) is 10.4 Å². The quantitative estimate of drug-likeness (QED) is 0.637. The highest BCUT2D eigenvalue weighted by atomic mass is 16.6. The monoisotopic (exact) mass is 182 g/mol. The third-order valence-electron chi connectivity index (χ3n) is 1.54. The van der Waals surface area contributed by atoms with Crippen molar-refractivity contribution in [3.05, 3.63) is 34.2 Å². The molecule has 0 fully saturated rings. The third-order valence-corrected chi connectivity index (χ3v) is 1.54. The number of hydrogen-bond donors (Lipinski definition) is 1. The van der Waals surface area contributed by atoms with Crippen molar-refractivity contribution in [3.63, 3.8) is 0 Å². The average Bonchev–Trinajstić information content (AvgIpc) is 2.10. The van der Waals surface area contributed by atoms with Crippen molar-refractivity contribution in [3.8, 4) is 0 Å². The Kier molecular flexibility index (Phi) is 2.81. The maximum atomic E-state index is 11.2. The van der Waals surface area contributed by atoms with Gasteiger partial charge in [-0.05, 0) is 6.07 Å². The number of rotatable bonds is 2. The number of carbonyl (C=O) groups is 1. The zero-order valence-electron chi connectivity index (χ0n) is 7.40. The molecular formula is C8H10N2O3. The molecule has 0 bridgehead atoms. The molecular weight excluding hydrogens is 172 g/mol. The van der Waals surface area contributed by atoms with Gasteiger partial charge in [0.05, 0.1) is 12.7 Å². The Balaban J connectivity index is 2.97. The first-order valence-corrected chi connectivity index (χ1v) is 3.65. The number of aromatic nitrogens is 1. The van der Waals surface area contributed by atoms with Crippen LogP contribution in [0.4, 0.5) is 0 Å². The lowest BCUT2D eigenvalue weighted by Gasteiger charge is -2.02. The van der Waals surface area contributed by atoms with Gasteiger partial charge in [0, 0.05) is 19.3 Å². The van der Waals surface area contributed by atoms with E-state index in [1.54, 1.807) is 7.05 Å². The lowest BCUT2D eigenvalue weighted by Crippen LogP contribution is -2.24. The topological polar surface area (TPSA) is 60.3 Å². The van der Waals surface area contributed by atoms with Crippen LogP contribution in [-0.2, 0) is 11.9 Å². The smallest absolute Gasteiger partial charge is 0.276 e. The van der Waals surface area contributed by atoms with Crippen LogP contribution in [0.15, 0.2) is 23.1 Å². The van der Waals surface area contributed by atoms with Crippen LogP contribution in [0, 0.1) is 0 Å². The summed E-state index contributed by atoms with van der Waals surface area (Å²) < 4.78 is 1.32. The average molecular weight is 182 g/mol. The fraction of sp³-hybridized carbons (Fsp3) is 0.250. The van der Waals surface area contributed by atoms with Crippen LogP contribution in [0.25, 0.3) is 0 Å². The minimum absolute atomic E-state index is 0.158. The number of amides is 1. The Morgan fingerprint density at radius 1 is 1.54 bits per heavy atom. The van der Waals surface area contributed by atoms with E-state index < -0.39 is 0 Å². The molecule has 0 aliphatic heterocycles. The van der Waals surface area contributed by atoms with Crippen molar-refractivity contribution < 1.29 is 9.63 Å². The van der Waals surface area contributed by atoms with E-state index in [0.717, 1.165) is 0 Å². The fourth-order valence-corrected chi connectivity index (χ4v) is 0.880. The zero-order chi connectivity index (χ0) is 9.84. The van der Waals surface area contributed by atoms with Crippen molar-refractivity contribution in [1.82, 2.24) is 10.0 Å².